The lowest BCUT2D eigenvalue weighted by Gasteiger charge is -2.26. The normalized spacial score (nSPS) is 11.2. The Labute approximate surface area is 120 Å². The van der Waals surface area contributed by atoms with Crippen LogP contribution in [0.15, 0.2) is 18.2 Å². The van der Waals surface area contributed by atoms with Crippen LogP contribution >= 0.6 is 0 Å². The van der Waals surface area contributed by atoms with Gasteiger partial charge in [0.2, 0.25) is 0 Å². The number of esters is 1. The molecule has 5 heteroatoms. The zero-order chi connectivity index (χ0) is 15.2. The molecule has 0 spiro atoms. The second kappa shape index (κ2) is 7.14. The number of benzene rings is 1. The van der Waals surface area contributed by atoms with E-state index in [1.54, 1.807) is 19.1 Å². The van der Waals surface area contributed by atoms with Crippen molar-refractivity contribution in [1.82, 2.24) is 0 Å². The van der Waals surface area contributed by atoms with Gasteiger partial charge in [-0.05, 0) is 39.8 Å². The first-order valence-electron chi connectivity index (χ1n) is 6.84. The van der Waals surface area contributed by atoms with Crippen molar-refractivity contribution in [3.8, 4) is 0 Å². The predicted molar refractivity (Wildman–Crippen MR) is 81.0 cm³/mol. The van der Waals surface area contributed by atoms with E-state index in [1.165, 1.54) is 0 Å². The van der Waals surface area contributed by atoms with Gasteiger partial charge in [-0.3, -0.25) is 0 Å². The number of carbonyl (C=O) groups is 1. The van der Waals surface area contributed by atoms with Gasteiger partial charge in [-0.2, -0.15) is 0 Å². The first-order valence-corrected chi connectivity index (χ1v) is 6.84. The van der Waals surface area contributed by atoms with Gasteiger partial charge in [-0.25, -0.2) is 4.79 Å². The van der Waals surface area contributed by atoms with E-state index in [2.05, 4.69) is 5.32 Å². The number of anilines is 2. The molecule has 112 valence electrons. The quantitative estimate of drug-likeness (QED) is 0.593. The molecule has 0 radical (unpaired) electrons. The number of ether oxygens (including phenoxy) is 2. The Morgan fingerprint density at radius 2 is 2.00 bits per heavy atom. The van der Waals surface area contributed by atoms with Crippen LogP contribution in [0.4, 0.5) is 11.4 Å². The Morgan fingerprint density at radius 1 is 1.30 bits per heavy atom. The molecular formula is C15H24N2O3. The Hall–Kier alpha value is -1.75. The number of hydrogen-bond donors (Lipinski definition) is 2. The minimum atomic E-state index is -0.405. The molecule has 1 rings (SSSR count). The van der Waals surface area contributed by atoms with Gasteiger partial charge in [0.05, 0.1) is 29.1 Å². The molecule has 0 aliphatic heterocycles. The van der Waals surface area contributed by atoms with Crippen molar-refractivity contribution in [3.05, 3.63) is 23.8 Å². The summed E-state index contributed by atoms with van der Waals surface area (Å²) < 4.78 is 10.6. The fraction of sp³-hybridized carbons (Fsp3) is 0.533. The number of rotatable bonds is 7. The number of nitrogens with one attached hydrogen (secondary N) is 1. The van der Waals surface area contributed by atoms with Gasteiger partial charge < -0.3 is 20.5 Å². The van der Waals surface area contributed by atoms with Crippen LogP contribution in [0.2, 0.25) is 0 Å². The molecule has 0 aliphatic rings. The van der Waals surface area contributed by atoms with E-state index in [9.17, 15) is 4.79 Å². The molecule has 0 unspecified atom stereocenters. The summed E-state index contributed by atoms with van der Waals surface area (Å²) in [5.74, 6) is -0.405. The Balaban J connectivity index is 2.82. The Bertz CT molecular complexity index is 458. The molecule has 0 saturated heterocycles. The molecule has 3 N–H and O–H groups in total. The van der Waals surface area contributed by atoms with Crippen molar-refractivity contribution in [3.63, 3.8) is 0 Å². The monoisotopic (exact) mass is 280 g/mol. The van der Waals surface area contributed by atoms with E-state index < -0.39 is 5.97 Å². The van der Waals surface area contributed by atoms with Crippen molar-refractivity contribution in [2.45, 2.75) is 33.3 Å². The minimum absolute atomic E-state index is 0.304. The summed E-state index contributed by atoms with van der Waals surface area (Å²) in [4.78, 5) is 11.8. The molecule has 0 fully saturated rings. The van der Waals surface area contributed by atoms with E-state index in [0.29, 0.717) is 36.7 Å². The highest BCUT2D eigenvalue weighted by Crippen LogP contribution is 2.24. The molecule has 5 nitrogen and oxygen atoms in total. The molecular weight excluding hydrogens is 256 g/mol. The van der Waals surface area contributed by atoms with Crippen LogP contribution in [0.5, 0.6) is 0 Å². The molecule has 0 aliphatic carbocycles. The van der Waals surface area contributed by atoms with Crippen LogP contribution in [0.1, 0.15) is 38.1 Å². The van der Waals surface area contributed by atoms with Crippen LogP contribution in [0, 0.1) is 0 Å². The summed E-state index contributed by atoms with van der Waals surface area (Å²) >= 11 is 0. The lowest BCUT2D eigenvalue weighted by Crippen LogP contribution is -2.33. The van der Waals surface area contributed by atoms with Gasteiger partial charge in [-0.15, -0.1) is 0 Å². The van der Waals surface area contributed by atoms with E-state index in [-0.39, 0.29) is 5.60 Å². The zero-order valence-corrected chi connectivity index (χ0v) is 12.7. The van der Waals surface area contributed by atoms with Crippen LogP contribution < -0.4 is 11.1 Å². The highest BCUT2D eigenvalue weighted by molar-refractivity contribution is 5.98. The minimum Gasteiger partial charge on any atom is -0.462 e. The second-order valence-corrected chi connectivity index (χ2v) is 5.03. The molecule has 0 saturated carbocycles. The third kappa shape index (κ3) is 4.42. The third-order valence-corrected chi connectivity index (χ3v) is 2.84. The number of carbonyl (C=O) groups excluding carboxylic acids is 1. The van der Waals surface area contributed by atoms with Crippen LogP contribution in [-0.4, -0.2) is 31.3 Å². The van der Waals surface area contributed by atoms with Gasteiger partial charge >= 0.3 is 5.97 Å². The maximum Gasteiger partial charge on any atom is 0.340 e. The number of para-hydroxylation sites is 1. The van der Waals surface area contributed by atoms with Crippen molar-refractivity contribution in [1.29, 1.82) is 0 Å². The topological polar surface area (TPSA) is 73.6 Å². The van der Waals surface area contributed by atoms with Crippen molar-refractivity contribution >= 4 is 17.3 Å². The van der Waals surface area contributed by atoms with Gasteiger partial charge in [-0.1, -0.05) is 6.07 Å². The standard InChI is InChI=1S/C15H24N2O3/c1-5-19-14(18)11-8-7-9-12(13(11)16)17-10-15(3,4)20-6-2/h7-9,17H,5-6,10,16H2,1-4H3. The molecule has 1 aromatic carbocycles. The fourth-order valence-electron chi connectivity index (χ4n) is 1.86. The summed E-state index contributed by atoms with van der Waals surface area (Å²) in [7, 11) is 0. The molecule has 1 aromatic rings. The number of hydrogen-bond acceptors (Lipinski definition) is 5. The molecule has 0 bridgehead atoms. The van der Waals surface area contributed by atoms with E-state index in [1.807, 2.05) is 26.8 Å². The zero-order valence-electron chi connectivity index (χ0n) is 12.7. The van der Waals surface area contributed by atoms with Gasteiger partial charge in [0.1, 0.15) is 0 Å². The molecule has 0 amide bonds. The van der Waals surface area contributed by atoms with E-state index in [4.69, 9.17) is 15.2 Å². The highest BCUT2D eigenvalue weighted by Gasteiger charge is 2.19. The summed E-state index contributed by atoms with van der Waals surface area (Å²) in [6.07, 6.45) is 0. The smallest absolute Gasteiger partial charge is 0.340 e. The Kier molecular flexibility index (Phi) is 5.82. The highest BCUT2D eigenvalue weighted by atomic mass is 16.5. The average molecular weight is 280 g/mol. The van der Waals surface area contributed by atoms with Crippen LogP contribution in [-0.2, 0) is 9.47 Å². The maximum absolute atomic E-state index is 11.8. The lowest BCUT2D eigenvalue weighted by molar-refractivity contribution is 0.000708. The van der Waals surface area contributed by atoms with Crippen LogP contribution in [0.3, 0.4) is 0 Å². The summed E-state index contributed by atoms with van der Waals surface area (Å²) in [6, 6.07) is 5.27. The van der Waals surface area contributed by atoms with Crippen molar-refractivity contribution < 1.29 is 14.3 Å². The average Bonchev–Trinajstić information content (AvgIpc) is 2.37. The summed E-state index contributed by atoms with van der Waals surface area (Å²) in [5, 5.41) is 3.22. The van der Waals surface area contributed by atoms with Gasteiger partial charge in [0, 0.05) is 13.2 Å². The Morgan fingerprint density at radius 3 is 2.60 bits per heavy atom. The first-order chi connectivity index (χ1) is 9.41. The summed E-state index contributed by atoms with van der Waals surface area (Å²) in [5.41, 5.74) is 7.20. The first kappa shape index (κ1) is 16.3. The maximum atomic E-state index is 11.8. The SMILES string of the molecule is CCOC(=O)c1cccc(NCC(C)(C)OCC)c1N. The van der Waals surface area contributed by atoms with Crippen LogP contribution in [0.25, 0.3) is 0 Å². The number of nitrogens with two attached hydrogens (primary N) is 1. The number of nitrogen functional groups attached to an aromatic ring is 1. The second-order valence-electron chi connectivity index (χ2n) is 5.03. The van der Waals surface area contributed by atoms with E-state index in [0.717, 1.165) is 0 Å². The largest absolute Gasteiger partial charge is 0.462 e. The van der Waals surface area contributed by atoms with E-state index >= 15 is 0 Å². The molecule has 0 heterocycles. The van der Waals surface area contributed by atoms with Crippen molar-refractivity contribution in [2.24, 2.45) is 0 Å². The molecule has 0 aromatic heterocycles. The van der Waals surface area contributed by atoms with Gasteiger partial charge in [0.15, 0.2) is 0 Å². The molecule has 0 atom stereocenters. The predicted octanol–water partition coefficient (Wildman–Crippen LogP) is 2.67. The summed E-state index contributed by atoms with van der Waals surface area (Å²) in [6.45, 7) is 9.28. The third-order valence-electron chi connectivity index (χ3n) is 2.84. The van der Waals surface area contributed by atoms with Gasteiger partial charge in [0.25, 0.3) is 0 Å². The molecule has 20 heavy (non-hydrogen) atoms. The lowest BCUT2D eigenvalue weighted by atomic mass is 10.1. The van der Waals surface area contributed by atoms with Crippen molar-refractivity contribution in [2.75, 3.05) is 30.8 Å². The fourth-order valence-corrected chi connectivity index (χ4v) is 1.86.